The first-order valence-electron chi connectivity index (χ1n) is 6.07. The molecule has 0 saturated heterocycles. The lowest BCUT2D eigenvalue weighted by Gasteiger charge is -2.10. The Morgan fingerprint density at radius 3 is 2.76 bits per heavy atom. The van der Waals surface area contributed by atoms with Gasteiger partial charge in [-0.3, -0.25) is 0 Å². The average molecular weight is 411 g/mol. The maximum atomic E-state index is 12.1. The fourth-order valence-corrected chi connectivity index (χ4v) is 3.28. The summed E-state index contributed by atoms with van der Waals surface area (Å²) in [7, 11) is 0. The Balaban J connectivity index is 2.13. The fourth-order valence-electron chi connectivity index (χ4n) is 1.92. The minimum Gasteiger partial charge on any atom is -0.457 e. The number of benzene rings is 1. The topological polar surface area (TPSA) is 52.3 Å². The molecule has 0 unspecified atom stereocenters. The summed E-state index contributed by atoms with van der Waals surface area (Å²) in [4.78, 5) is 16.5. The predicted molar refractivity (Wildman–Crippen MR) is 85.5 cm³/mol. The molecule has 0 spiro atoms. The number of hydrogen-bond acceptors (Lipinski definition) is 4. The second kappa shape index (κ2) is 5.61. The van der Waals surface area contributed by atoms with Crippen molar-refractivity contribution in [3.63, 3.8) is 0 Å². The van der Waals surface area contributed by atoms with Crippen molar-refractivity contribution < 1.29 is 13.9 Å². The summed E-state index contributed by atoms with van der Waals surface area (Å²) in [5, 5.41) is 0.867. The van der Waals surface area contributed by atoms with Gasteiger partial charge >= 0.3 is 5.97 Å². The Hall–Kier alpha value is -1.66. The van der Waals surface area contributed by atoms with E-state index in [9.17, 15) is 4.79 Å². The van der Waals surface area contributed by atoms with Crippen LogP contribution in [-0.4, -0.2) is 11.0 Å². The van der Waals surface area contributed by atoms with Crippen molar-refractivity contribution in [3.8, 4) is 5.75 Å². The zero-order valence-electron chi connectivity index (χ0n) is 10.9. The molecule has 4 nitrogen and oxygen atoms in total. The Bertz CT molecular complexity index is 829. The maximum absolute atomic E-state index is 12.1. The number of aryl methyl sites for hydroxylation is 1. The van der Waals surface area contributed by atoms with Gasteiger partial charge in [-0.25, -0.2) is 9.78 Å². The zero-order chi connectivity index (χ0) is 15.0. The van der Waals surface area contributed by atoms with E-state index in [1.54, 1.807) is 12.1 Å². The molecule has 3 aromatic rings. The fraction of sp³-hybridized carbons (Fsp3) is 0.0667. The number of rotatable bonds is 2. The van der Waals surface area contributed by atoms with E-state index in [4.69, 9.17) is 9.15 Å². The van der Waals surface area contributed by atoms with Gasteiger partial charge in [0.1, 0.15) is 5.52 Å². The van der Waals surface area contributed by atoms with Crippen LogP contribution in [0.15, 0.2) is 50.0 Å². The van der Waals surface area contributed by atoms with Gasteiger partial charge < -0.3 is 9.15 Å². The minimum absolute atomic E-state index is 0.144. The number of ether oxygens (including phenoxy) is 1. The van der Waals surface area contributed by atoms with Crippen molar-refractivity contribution in [2.75, 3.05) is 0 Å². The number of hydrogen-bond donors (Lipinski definition) is 0. The van der Waals surface area contributed by atoms with Gasteiger partial charge in [-0.05, 0) is 53.2 Å². The van der Waals surface area contributed by atoms with E-state index < -0.39 is 5.97 Å². The van der Waals surface area contributed by atoms with Gasteiger partial charge in [0.25, 0.3) is 0 Å². The van der Waals surface area contributed by atoms with Gasteiger partial charge in [-0.15, -0.1) is 0 Å². The lowest BCUT2D eigenvalue weighted by Crippen LogP contribution is -2.08. The number of carbonyl (C=O) groups excluding carboxylic acids is 1. The molecular weight excluding hydrogens is 402 g/mol. The quantitative estimate of drug-likeness (QED) is 0.446. The molecule has 0 fully saturated rings. The second-order valence-corrected chi connectivity index (χ2v) is 6.09. The van der Waals surface area contributed by atoms with Gasteiger partial charge in [-0.1, -0.05) is 15.9 Å². The molecule has 1 aromatic carbocycles. The predicted octanol–water partition coefficient (Wildman–Crippen LogP) is 4.88. The lowest BCUT2D eigenvalue weighted by atomic mass is 10.2. The zero-order valence-corrected chi connectivity index (χ0v) is 14.1. The molecule has 2 aromatic heterocycles. The highest BCUT2D eigenvalue weighted by Gasteiger charge is 2.18. The van der Waals surface area contributed by atoms with E-state index in [-0.39, 0.29) is 5.76 Å². The third kappa shape index (κ3) is 2.73. The van der Waals surface area contributed by atoms with Gasteiger partial charge in [0.15, 0.2) is 5.75 Å². The van der Waals surface area contributed by atoms with Crippen LogP contribution in [0.25, 0.3) is 10.9 Å². The molecule has 0 aliphatic carbocycles. The Morgan fingerprint density at radius 1 is 1.24 bits per heavy atom. The number of furan rings is 1. The molecule has 0 saturated carbocycles. The van der Waals surface area contributed by atoms with E-state index in [1.165, 1.54) is 6.26 Å². The van der Waals surface area contributed by atoms with Crippen LogP contribution >= 0.6 is 31.9 Å². The highest BCUT2D eigenvalue weighted by atomic mass is 79.9. The number of esters is 1. The van der Waals surface area contributed by atoms with Crippen LogP contribution in [0, 0.1) is 6.92 Å². The smallest absolute Gasteiger partial charge is 0.379 e. The molecule has 0 aliphatic rings. The van der Waals surface area contributed by atoms with E-state index in [0.717, 1.165) is 15.6 Å². The summed E-state index contributed by atoms with van der Waals surface area (Å²) < 4.78 is 12.0. The van der Waals surface area contributed by atoms with Crippen LogP contribution < -0.4 is 4.74 Å². The summed E-state index contributed by atoms with van der Waals surface area (Å²) in [5.41, 5.74) is 1.44. The van der Waals surface area contributed by atoms with Crippen LogP contribution in [0.3, 0.4) is 0 Å². The number of pyridine rings is 1. The Kier molecular flexibility index (Phi) is 3.82. The second-order valence-electron chi connectivity index (χ2n) is 4.38. The molecule has 2 heterocycles. The van der Waals surface area contributed by atoms with Crippen molar-refractivity contribution in [1.29, 1.82) is 0 Å². The largest absolute Gasteiger partial charge is 0.457 e. The van der Waals surface area contributed by atoms with Crippen LogP contribution in [0.1, 0.15) is 16.2 Å². The molecule has 6 heteroatoms. The number of nitrogens with zero attached hydrogens (tertiary/aromatic N) is 1. The third-order valence-corrected chi connectivity index (χ3v) is 4.14. The Labute approximate surface area is 137 Å². The van der Waals surface area contributed by atoms with Gasteiger partial charge in [-0.2, -0.15) is 0 Å². The average Bonchev–Trinajstić information content (AvgIpc) is 2.97. The van der Waals surface area contributed by atoms with Gasteiger partial charge in [0.05, 0.1) is 10.7 Å². The number of aromatic nitrogens is 1. The Morgan fingerprint density at radius 2 is 2.05 bits per heavy atom. The molecule has 0 N–H and O–H groups in total. The van der Waals surface area contributed by atoms with Crippen LogP contribution in [0.5, 0.6) is 5.75 Å². The van der Waals surface area contributed by atoms with Crippen molar-refractivity contribution in [2.24, 2.45) is 0 Å². The molecule has 0 atom stereocenters. The summed E-state index contributed by atoms with van der Waals surface area (Å²) in [6.07, 6.45) is 1.42. The molecule has 0 aliphatic heterocycles. The molecular formula is C15H9Br2NO3. The highest BCUT2D eigenvalue weighted by Crippen LogP contribution is 2.38. The molecule has 0 amide bonds. The number of carbonyl (C=O) groups is 1. The first-order chi connectivity index (χ1) is 10.1. The molecule has 0 bridgehead atoms. The minimum atomic E-state index is -0.562. The van der Waals surface area contributed by atoms with Crippen molar-refractivity contribution in [3.05, 3.63) is 57.0 Å². The normalized spacial score (nSPS) is 10.8. The molecule has 21 heavy (non-hydrogen) atoms. The number of halogens is 2. The van der Waals surface area contributed by atoms with Crippen molar-refractivity contribution >= 4 is 48.7 Å². The van der Waals surface area contributed by atoms with Crippen LogP contribution in [0.2, 0.25) is 0 Å². The highest BCUT2D eigenvalue weighted by molar-refractivity contribution is 9.11. The molecule has 3 rings (SSSR count). The third-order valence-electron chi connectivity index (χ3n) is 2.89. The lowest BCUT2D eigenvalue weighted by molar-refractivity contribution is 0.0702. The van der Waals surface area contributed by atoms with E-state index in [0.29, 0.717) is 15.7 Å². The summed E-state index contributed by atoms with van der Waals surface area (Å²) >= 11 is 6.89. The van der Waals surface area contributed by atoms with Crippen molar-refractivity contribution in [1.82, 2.24) is 4.98 Å². The summed E-state index contributed by atoms with van der Waals surface area (Å²) in [6.45, 7) is 1.88. The summed E-state index contributed by atoms with van der Waals surface area (Å²) in [5.74, 6) is -0.0449. The molecule has 106 valence electrons. The van der Waals surface area contributed by atoms with E-state index in [1.807, 2.05) is 25.1 Å². The SMILES string of the molecule is Cc1ccc2c(Br)cc(Br)c(OC(=O)c3ccco3)c2n1. The summed E-state index contributed by atoms with van der Waals surface area (Å²) in [6, 6.07) is 8.84. The monoisotopic (exact) mass is 409 g/mol. The van der Waals surface area contributed by atoms with E-state index >= 15 is 0 Å². The van der Waals surface area contributed by atoms with Gasteiger partial charge in [0.2, 0.25) is 5.76 Å². The standard InChI is InChI=1S/C15H9Br2NO3/c1-8-4-5-9-10(16)7-11(17)14(13(9)18-8)21-15(19)12-3-2-6-20-12/h2-7H,1H3. The van der Waals surface area contributed by atoms with Crippen LogP contribution in [-0.2, 0) is 0 Å². The van der Waals surface area contributed by atoms with Gasteiger partial charge in [0, 0.05) is 15.6 Å². The van der Waals surface area contributed by atoms with Crippen LogP contribution in [0.4, 0.5) is 0 Å². The maximum Gasteiger partial charge on any atom is 0.379 e. The van der Waals surface area contributed by atoms with E-state index in [2.05, 4.69) is 36.8 Å². The first-order valence-corrected chi connectivity index (χ1v) is 7.66. The van der Waals surface area contributed by atoms with Crippen molar-refractivity contribution in [2.45, 2.75) is 6.92 Å². The first kappa shape index (κ1) is 14.3. The molecule has 0 radical (unpaired) electrons. The number of fused-ring (bicyclic) bond motifs is 1.